The van der Waals surface area contributed by atoms with Gasteiger partial charge in [0.15, 0.2) is 0 Å². The number of ether oxygens (including phenoxy) is 1. The summed E-state index contributed by atoms with van der Waals surface area (Å²) < 4.78 is 4.89. The molecule has 2 rings (SSSR count). The summed E-state index contributed by atoms with van der Waals surface area (Å²) >= 11 is 2.49. The highest BCUT2D eigenvalue weighted by Crippen LogP contribution is 2.34. The van der Waals surface area contributed by atoms with Crippen molar-refractivity contribution < 1.29 is 19.2 Å². The molecule has 7 nitrogen and oxygen atoms in total. The molecule has 2 aromatic rings. The van der Waals surface area contributed by atoms with E-state index < -0.39 is 10.9 Å². The van der Waals surface area contributed by atoms with Crippen LogP contribution in [0, 0.1) is 10.1 Å². The number of anilines is 1. The highest BCUT2D eigenvalue weighted by molar-refractivity contribution is 7.98. The molecule has 27 heavy (non-hydrogen) atoms. The minimum atomic E-state index is -0.685. The largest absolute Gasteiger partial charge is 0.462 e. The molecular formula is C18H20N2O5S2. The molecular weight excluding hydrogens is 388 g/mol. The third kappa shape index (κ3) is 6.69. The van der Waals surface area contributed by atoms with Crippen molar-refractivity contribution in [1.82, 2.24) is 0 Å². The normalized spacial score (nSPS) is 10.4. The van der Waals surface area contributed by atoms with Gasteiger partial charge in [0.25, 0.3) is 0 Å². The van der Waals surface area contributed by atoms with Crippen LogP contribution in [-0.2, 0) is 15.3 Å². The number of rotatable bonds is 10. The molecule has 1 aromatic heterocycles. The molecule has 1 aromatic carbocycles. The standard InChI is InChI=1S/C18H20N2O5S2/c1-2-25-18(22)14-11-16(20(23)24)27-17(14)19-15(21)9-6-10-26-12-13-7-4-3-5-8-13/h3-5,7-8,11H,2,6,9-10,12H2,1H3,(H,19,21). The van der Waals surface area contributed by atoms with Crippen molar-refractivity contribution in [3.05, 3.63) is 57.6 Å². The lowest BCUT2D eigenvalue weighted by Gasteiger charge is -2.06. The van der Waals surface area contributed by atoms with Crippen LogP contribution in [0.1, 0.15) is 35.7 Å². The predicted molar refractivity (Wildman–Crippen MR) is 107 cm³/mol. The van der Waals surface area contributed by atoms with Gasteiger partial charge in [-0.2, -0.15) is 11.8 Å². The maximum absolute atomic E-state index is 12.1. The van der Waals surface area contributed by atoms with Crippen molar-refractivity contribution in [1.29, 1.82) is 0 Å². The van der Waals surface area contributed by atoms with Gasteiger partial charge in [0.05, 0.1) is 11.5 Å². The summed E-state index contributed by atoms with van der Waals surface area (Å²) in [4.78, 5) is 34.4. The lowest BCUT2D eigenvalue weighted by molar-refractivity contribution is -0.380. The van der Waals surface area contributed by atoms with Gasteiger partial charge in [0.1, 0.15) is 10.6 Å². The topological polar surface area (TPSA) is 98.5 Å². The Kier molecular flexibility index (Phi) is 8.28. The fraction of sp³-hybridized carbons (Fsp3) is 0.333. The van der Waals surface area contributed by atoms with Crippen LogP contribution in [0.2, 0.25) is 0 Å². The van der Waals surface area contributed by atoms with Gasteiger partial charge < -0.3 is 10.1 Å². The molecule has 0 radical (unpaired) electrons. The lowest BCUT2D eigenvalue weighted by atomic mass is 10.2. The smallest absolute Gasteiger partial charge is 0.341 e. The molecule has 0 atom stereocenters. The van der Waals surface area contributed by atoms with E-state index in [4.69, 9.17) is 4.74 Å². The van der Waals surface area contributed by atoms with E-state index in [9.17, 15) is 19.7 Å². The molecule has 1 N–H and O–H groups in total. The third-order valence-corrected chi connectivity index (χ3v) is 5.57. The van der Waals surface area contributed by atoms with E-state index in [2.05, 4.69) is 17.4 Å². The summed E-state index contributed by atoms with van der Waals surface area (Å²) in [7, 11) is 0. The van der Waals surface area contributed by atoms with E-state index in [0.717, 1.165) is 28.9 Å². The Balaban J connectivity index is 1.83. The molecule has 9 heteroatoms. The second-order valence-electron chi connectivity index (χ2n) is 5.49. The average Bonchev–Trinajstić information content (AvgIpc) is 3.06. The maximum atomic E-state index is 12.1. The first-order chi connectivity index (χ1) is 13.0. The number of nitrogens with one attached hydrogen (secondary N) is 1. The molecule has 0 saturated heterocycles. The van der Waals surface area contributed by atoms with Crippen LogP contribution in [0.5, 0.6) is 0 Å². The van der Waals surface area contributed by atoms with E-state index >= 15 is 0 Å². The van der Waals surface area contributed by atoms with Crippen molar-refractivity contribution in [2.45, 2.75) is 25.5 Å². The van der Waals surface area contributed by atoms with E-state index in [1.807, 2.05) is 18.2 Å². The lowest BCUT2D eigenvalue weighted by Crippen LogP contribution is -2.14. The van der Waals surface area contributed by atoms with Crippen molar-refractivity contribution in [2.75, 3.05) is 17.7 Å². The van der Waals surface area contributed by atoms with Crippen LogP contribution in [-0.4, -0.2) is 29.2 Å². The summed E-state index contributed by atoms with van der Waals surface area (Å²) in [5, 5.41) is 13.5. The second-order valence-corrected chi connectivity index (χ2v) is 7.63. The Morgan fingerprint density at radius 2 is 2.04 bits per heavy atom. The number of benzene rings is 1. The van der Waals surface area contributed by atoms with Crippen LogP contribution in [0.25, 0.3) is 0 Å². The minimum Gasteiger partial charge on any atom is -0.462 e. The molecule has 0 bridgehead atoms. The summed E-state index contributed by atoms with van der Waals surface area (Å²) in [6.07, 6.45) is 0.946. The van der Waals surface area contributed by atoms with Crippen LogP contribution in [0.4, 0.5) is 10.0 Å². The monoisotopic (exact) mass is 408 g/mol. The SMILES string of the molecule is CCOC(=O)c1cc([N+](=O)[O-])sc1NC(=O)CCCSCc1ccccc1. The van der Waals surface area contributed by atoms with Gasteiger partial charge >= 0.3 is 11.0 Å². The Hall–Kier alpha value is -2.39. The summed E-state index contributed by atoms with van der Waals surface area (Å²) in [5.74, 6) is 0.734. The Bertz CT molecular complexity index is 792. The summed E-state index contributed by atoms with van der Waals surface area (Å²) in [5.41, 5.74) is 1.25. The molecule has 1 amide bonds. The molecule has 0 spiro atoms. The highest BCUT2D eigenvalue weighted by Gasteiger charge is 2.23. The number of nitrogens with zero attached hydrogens (tertiary/aromatic N) is 1. The first kappa shape index (κ1) is 20.9. The van der Waals surface area contributed by atoms with Crippen molar-refractivity contribution in [3.8, 4) is 0 Å². The van der Waals surface area contributed by atoms with Crippen molar-refractivity contribution >= 4 is 45.0 Å². The first-order valence-corrected chi connectivity index (χ1v) is 10.3. The number of amides is 1. The van der Waals surface area contributed by atoms with E-state index in [1.165, 1.54) is 5.56 Å². The summed E-state index contributed by atoms with van der Waals surface area (Å²) in [6, 6.07) is 11.2. The zero-order valence-electron chi connectivity index (χ0n) is 14.8. The van der Waals surface area contributed by atoms with Gasteiger partial charge in [0, 0.05) is 18.2 Å². The molecule has 0 saturated carbocycles. The van der Waals surface area contributed by atoms with Gasteiger partial charge in [0.2, 0.25) is 5.91 Å². The average molecular weight is 409 g/mol. The number of hydrogen-bond acceptors (Lipinski definition) is 7. The van der Waals surface area contributed by atoms with Crippen molar-refractivity contribution in [3.63, 3.8) is 0 Å². The van der Waals surface area contributed by atoms with Crippen LogP contribution >= 0.6 is 23.1 Å². The van der Waals surface area contributed by atoms with Crippen LogP contribution in [0.15, 0.2) is 36.4 Å². The van der Waals surface area contributed by atoms with Crippen LogP contribution < -0.4 is 5.32 Å². The molecule has 144 valence electrons. The first-order valence-electron chi connectivity index (χ1n) is 8.38. The molecule has 1 heterocycles. The quantitative estimate of drug-likeness (QED) is 0.269. The molecule has 0 aliphatic heterocycles. The number of carbonyl (C=O) groups is 2. The van der Waals surface area contributed by atoms with Gasteiger partial charge in [-0.3, -0.25) is 14.9 Å². The van der Waals surface area contributed by atoms with E-state index in [-0.39, 0.29) is 34.5 Å². The zero-order chi connectivity index (χ0) is 19.6. The number of thiophene rings is 1. The van der Waals surface area contributed by atoms with Crippen LogP contribution in [0.3, 0.4) is 0 Å². The van der Waals surface area contributed by atoms with Gasteiger partial charge in [-0.15, -0.1) is 0 Å². The van der Waals surface area contributed by atoms with Gasteiger partial charge in [-0.05, 0) is 36.0 Å². The number of esters is 1. The Morgan fingerprint density at radius 1 is 1.30 bits per heavy atom. The second kappa shape index (κ2) is 10.7. The highest BCUT2D eigenvalue weighted by atomic mass is 32.2. The van der Waals surface area contributed by atoms with Gasteiger partial charge in [-0.1, -0.05) is 30.3 Å². The summed E-state index contributed by atoms with van der Waals surface area (Å²) in [6.45, 7) is 1.79. The number of hydrogen-bond donors (Lipinski definition) is 1. The van der Waals surface area contributed by atoms with Gasteiger partial charge in [-0.25, -0.2) is 4.79 Å². The fourth-order valence-corrected chi connectivity index (χ4v) is 4.01. The minimum absolute atomic E-state index is 0.0142. The fourth-order valence-electron chi connectivity index (χ4n) is 2.21. The molecule has 0 aliphatic rings. The third-order valence-electron chi connectivity index (χ3n) is 3.45. The Labute approximate surface area is 165 Å². The maximum Gasteiger partial charge on any atom is 0.341 e. The predicted octanol–water partition coefficient (Wildman–Crippen LogP) is 4.49. The van der Waals surface area contributed by atoms with Crippen molar-refractivity contribution in [2.24, 2.45) is 0 Å². The van der Waals surface area contributed by atoms with E-state index in [1.54, 1.807) is 18.7 Å². The molecule has 0 unspecified atom stereocenters. The molecule has 0 fully saturated rings. The Morgan fingerprint density at radius 3 is 2.70 bits per heavy atom. The number of thioether (sulfide) groups is 1. The molecule has 0 aliphatic carbocycles. The van der Waals surface area contributed by atoms with E-state index in [0.29, 0.717) is 6.42 Å². The number of carbonyl (C=O) groups excluding carboxylic acids is 2. The zero-order valence-corrected chi connectivity index (χ0v) is 16.4. The number of nitro groups is 1.